The second kappa shape index (κ2) is 10.0. The first-order valence-electron chi connectivity index (χ1n) is 10.3. The topological polar surface area (TPSA) is 12.5 Å². The van der Waals surface area contributed by atoms with Crippen LogP contribution in [0.3, 0.4) is 0 Å². The lowest BCUT2D eigenvalue weighted by atomic mass is 9.89. The Kier molecular flexibility index (Phi) is 7.64. The molecule has 1 heterocycles. The summed E-state index contributed by atoms with van der Waals surface area (Å²) in [6.45, 7) is 1.40. The van der Waals surface area contributed by atoms with Crippen LogP contribution in [0.25, 0.3) is 0 Å². The van der Waals surface area contributed by atoms with Gasteiger partial charge in [-0.2, -0.15) is 26.3 Å². The molecule has 170 valence electrons. The van der Waals surface area contributed by atoms with E-state index in [1.54, 1.807) is 0 Å². The summed E-state index contributed by atoms with van der Waals surface area (Å²) in [5, 5.41) is 0. The summed E-state index contributed by atoms with van der Waals surface area (Å²) < 4.78 is 83.5. The van der Waals surface area contributed by atoms with Gasteiger partial charge in [-0.25, -0.2) is 0 Å². The average molecular weight is 445 g/mol. The number of halogens is 6. The van der Waals surface area contributed by atoms with E-state index in [-0.39, 0.29) is 25.0 Å². The lowest BCUT2D eigenvalue weighted by Crippen LogP contribution is -2.31. The zero-order chi connectivity index (χ0) is 22.5. The van der Waals surface area contributed by atoms with E-state index in [4.69, 9.17) is 4.74 Å². The quantitative estimate of drug-likeness (QED) is 0.466. The van der Waals surface area contributed by atoms with E-state index in [9.17, 15) is 26.3 Å². The molecule has 31 heavy (non-hydrogen) atoms. The van der Waals surface area contributed by atoms with Crippen LogP contribution < -0.4 is 0 Å². The standard InChI is InChI=1S/C23H25F6NO/c24-22(25,26)20-12-17(13-21(14-20)23(27,28)29)15-31-16-30-10-5-4-8-19(9-11-30)18-6-2-1-3-7-18/h1-3,6-7,12-14,19H,4-5,8-11,15-16H2. The van der Waals surface area contributed by atoms with Crippen molar-refractivity contribution >= 4 is 0 Å². The van der Waals surface area contributed by atoms with Gasteiger partial charge in [0, 0.05) is 13.1 Å². The van der Waals surface area contributed by atoms with Crippen LogP contribution in [-0.2, 0) is 23.7 Å². The summed E-state index contributed by atoms with van der Waals surface area (Å²) >= 11 is 0. The molecule has 1 unspecified atom stereocenters. The van der Waals surface area contributed by atoms with Crippen molar-refractivity contribution in [3.63, 3.8) is 0 Å². The molecule has 0 aromatic heterocycles. The summed E-state index contributed by atoms with van der Waals surface area (Å²) in [5.74, 6) is 0.432. The highest BCUT2D eigenvalue weighted by Crippen LogP contribution is 2.36. The van der Waals surface area contributed by atoms with Gasteiger partial charge in [-0.15, -0.1) is 0 Å². The van der Waals surface area contributed by atoms with Gasteiger partial charge >= 0.3 is 12.4 Å². The van der Waals surface area contributed by atoms with Gasteiger partial charge in [0.25, 0.3) is 0 Å². The molecule has 1 aliphatic heterocycles. The van der Waals surface area contributed by atoms with Crippen molar-refractivity contribution in [3.05, 3.63) is 70.8 Å². The SMILES string of the molecule is FC(F)(F)c1cc(COCN2CCCCC(c3ccccc3)CC2)cc(C(F)(F)F)c1. The monoisotopic (exact) mass is 445 g/mol. The number of alkyl halides is 6. The van der Waals surface area contributed by atoms with E-state index in [2.05, 4.69) is 17.0 Å². The third-order valence-corrected chi connectivity index (χ3v) is 5.53. The van der Waals surface area contributed by atoms with Crippen LogP contribution in [0.2, 0.25) is 0 Å². The predicted molar refractivity (Wildman–Crippen MR) is 105 cm³/mol. The van der Waals surface area contributed by atoms with Crippen LogP contribution in [0.15, 0.2) is 48.5 Å². The zero-order valence-electron chi connectivity index (χ0n) is 17.0. The summed E-state index contributed by atoms with van der Waals surface area (Å²) in [7, 11) is 0. The second-order valence-electron chi connectivity index (χ2n) is 7.90. The molecule has 0 saturated carbocycles. The van der Waals surface area contributed by atoms with Gasteiger partial charge in [0.2, 0.25) is 0 Å². The number of benzene rings is 2. The van der Waals surface area contributed by atoms with Crippen LogP contribution in [-0.4, -0.2) is 24.7 Å². The Morgan fingerprint density at radius 1 is 0.806 bits per heavy atom. The van der Waals surface area contributed by atoms with E-state index < -0.39 is 23.5 Å². The minimum Gasteiger partial charge on any atom is -0.361 e. The van der Waals surface area contributed by atoms with Crippen molar-refractivity contribution < 1.29 is 31.1 Å². The molecule has 8 heteroatoms. The van der Waals surface area contributed by atoms with E-state index in [0.29, 0.717) is 18.1 Å². The Morgan fingerprint density at radius 3 is 2.06 bits per heavy atom. The van der Waals surface area contributed by atoms with Crippen LogP contribution in [0.5, 0.6) is 0 Å². The summed E-state index contributed by atoms with van der Waals surface area (Å²) in [6.07, 6.45) is -5.66. The van der Waals surface area contributed by atoms with Gasteiger partial charge in [0.15, 0.2) is 0 Å². The highest BCUT2D eigenvalue weighted by molar-refractivity contribution is 5.33. The maximum Gasteiger partial charge on any atom is 0.416 e. The molecular weight excluding hydrogens is 420 g/mol. The Hall–Kier alpha value is -2.06. The lowest BCUT2D eigenvalue weighted by molar-refractivity contribution is -0.143. The molecule has 0 N–H and O–H groups in total. The molecule has 0 amide bonds. The molecule has 2 aromatic rings. The van der Waals surface area contributed by atoms with E-state index in [1.165, 1.54) is 5.56 Å². The highest BCUT2D eigenvalue weighted by atomic mass is 19.4. The van der Waals surface area contributed by atoms with E-state index in [1.807, 2.05) is 18.2 Å². The first kappa shape index (κ1) is 23.6. The second-order valence-corrected chi connectivity index (χ2v) is 7.90. The summed E-state index contributed by atoms with van der Waals surface area (Å²) in [5.41, 5.74) is -1.50. The van der Waals surface area contributed by atoms with Crippen LogP contribution >= 0.6 is 0 Å². The first-order valence-corrected chi connectivity index (χ1v) is 10.3. The van der Waals surface area contributed by atoms with E-state index in [0.717, 1.165) is 38.8 Å². The normalized spacial score (nSPS) is 19.1. The minimum absolute atomic E-state index is 0.130. The van der Waals surface area contributed by atoms with Gasteiger partial charge in [-0.1, -0.05) is 36.8 Å². The Balaban J connectivity index is 1.60. The predicted octanol–water partition coefficient (Wildman–Crippen LogP) is 6.86. The fourth-order valence-electron chi connectivity index (χ4n) is 3.90. The maximum absolute atomic E-state index is 13.0. The maximum atomic E-state index is 13.0. The third-order valence-electron chi connectivity index (χ3n) is 5.53. The van der Waals surface area contributed by atoms with Crippen molar-refractivity contribution in [1.82, 2.24) is 4.90 Å². The third kappa shape index (κ3) is 6.97. The highest BCUT2D eigenvalue weighted by Gasteiger charge is 2.36. The van der Waals surface area contributed by atoms with Crippen molar-refractivity contribution in [2.24, 2.45) is 0 Å². The number of rotatable bonds is 5. The largest absolute Gasteiger partial charge is 0.416 e. The fraction of sp³-hybridized carbons (Fsp3) is 0.478. The average Bonchev–Trinajstić information content (AvgIpc) is 2.69. The zero-order valence-corrected chi connectivity index (χ0v) is 17.0. The summed E-state index contributed by atoms with van der Waals surface area (Å²) in [6, 6.07) is 11.8. The van der Waals surface area contributed by atoms with Crippen LogP contribution in [0.4, 0.5) is 26.3 Å². The fourth-order valence-corrected chi connectivity index (χ4v) is 3.90. The molecule has 0 aliphatic carbocycles. The smallest absolute Gasteiger partial charge is 0.361 e. The molecule has 1 atom stereocenters. The van der Waals surface area contributed by atoms with Gasteiger partial charge < -0.3 is 4.74 Å². The van der Waals surface area contributed by atoms with Gasteiger partial charge in [-0.05, 0) is 54.5 Å². The van der Waals surface area contributed by atoms with Crippen molar-refractivity contribution in [3.8, 4) is 0 Å². The Labute approximate surface area is 177 Å². The molecule has 1 saturated heterocycles. The van der Waals surface area contributed by atoms with Crippen molar-refractivity contribution in [1.29, 1.82) is 0 Å². The number of likely N-dealkylation sites (tertiary alicyclic amines) is 1. The Morgan fingerprint density at radius 2 is 1.45 bits per heavy atom. The Bertz CT molecular complexity index is 802. The molecular formula is C23H25F6NO. The molecule has 0 bridgehead atoms. The number of nitrogens with zero attached hydrogens (tertiary/aromatic N) is 1. The molecule has 1 aliphatic rings. The van der Waals surface area contributed by atoms with Gasteiger partial charge in [-0.3, -0.25) is 4.90 Å². The molecule has 3 rings (SSSR count). The molecule has 0 radical (unpaired) electrons. The van der Waals surface area contributed by atoms with Crippen LogP contribution in [0, 0.1) is 0 Å². The lowest BCUT2D eigenvalue weighted by Gasteiger charge is -2.28. The molecule has 1 fully saturated rings. The van der Waals surface area contributed by atoms with Crippen molar-refractivity contribution in [2.45, 2.75) is 50.6 Å². The van der Waals surface area contributed by atoms with Crippen LogP contribution in [0.1, 0.15) is 53.9 Å². The molecule has 0 spiro atoms. The number of ether oxygens (including phenoxy) is 1. The molecule has 2 aromatic carbocycles. The molecule has 2 nitrogen and oxygen atoms in total. The minimum atomic E-state index is -4.86. The van der Waals surface area contributed by atoms with Gasteiger partial charge in [0.1, 0.15) is 0 Å². The summed E-state index contributed by atoms with van der Waals surface area (Å²) in [4.78, 5) is 2.06. The van der Waals surface area contributed by atoms with E-state index >= 15 is 0 Å². The number of hydrogen-bond donors (Lipinski definition) is 0. The first-order chi connectivity index (χ1) is 14.6. The number of hydrogen-bond acceptors (Lipinski definition) is 2. The van der Waals surface area contributed by atoms with Crippen molar-refractivity contribution in [2.75, 3.05) is 19.8 Å². The van der Waals surface area contributed by atoms with Gasteiger partial charge in [0.05, 0.1) is 24.5 Å².